The summed E-state index contributed by atoms with van der Waals surface area (Å²) in [6.45, 7) is 4.19. The molecule has 1 saturated heterocycles. The van der Waals surface area contributed by atoms with E-state index in [1.807, 2.05) is 13.8 Å². The van der Waals surface area contributed by atoms with Crippen molar-refractivity contribution >= 4 is 30.0 Å². The van der Waals surface area contributed by atoms with Crippen molar-refractivity contribution in [3.05, 3.63) is 47.7 Å². The summed E-state index contributed by atoms with van der Waals surface area (Å²) in [6.07, 6.45) is -6.77. The van der Waals surface area contributed by atoms with Crippen molar-refractivity contribution < 1.29 is 77.9 Å². The van der Waals surface area contributed by atoms with E-state index >= 15 is 0 Å². The normalized spacial score (nSPS) is 32.1. The number of carbonyl (C=O) groups excluding carboxylic acids is 4. The first-order valence-corrected chi connectivity index (χ1v) is 16.1. The molecule has 2 fully saturated rings. The molecule has 0 aromatic heterocycles. The van der Waals surface area contributed by atoms with Crippen molar-refractivity contribution in [1.82, 2.24) is 0 Å². The highest BCUT2D eigenvalue weighted by Gasteiger charge is 2.63. The molecule has 0 radical (unpaired) electrons. The van der Waals surface area contributed by atoms with Crippen LogP contribution in [-0.4, -0.2) is 118 Å². The van der Waals surface area contributed by atoms with Crippen molar-refractivity contribution in [3.63, 3.8) is 0 Å². The Morgan fingerprint density at radius 3 is 2.32 bits per heavy atom. The minimum atomic E-state index is -2.07. The molecule has 5 N–H and O–H groups in total. The molecule has 50 heavy (non-hydrogen) atoms. The summed E-state index contributed by atoms with van der Waals surface area (Å²) < 4.78 is 39.1. The number of benzene rings is 1. The quantitative estimate of drug-likeness (QED) is 0.106. The van der Waals surface area contributed by atoms with Gasteiger partial charge in [0.05, 0.1) is 25.4 Å². The number of hydrogen-bond donors (Lipinski definition) is 5. The monoisotopic (exact) mass is 708 g/mol. The Hall–Kier alpha value is -4.06. The standard InChI is InChI=1S/C34H44O16/c1-17(2)11-27(40)50-32-28-23(12-25(47-19(4)37)34(28,43)16-46-18(3)36)21(14-44-32)15-45-33-31(30(42)29(41)24(13-35)48-33)49-26(39)10-7-20-5-8-22(38)9-6-20/h5-10,14,17,23-25,28-33,35,38,41-43H,11-13,15-16H2,1-4H3/b10-7-/t23-,24+,25-,28-,29+,30-,31+,32+,33+,34-/m1/s1. The van der Waals surface area contributed by atoms with Crippen molar-refractivity contribution in [2.75, 3.05) is 19.8 Å². The van der Waals surface area contributed by atoms with Crippen LogP contribution in [0.5, 0.6) is 5.75 Å². The topological polar surface area (TPSA) is 234 Å². The number of ether oxygens (including phenoxy) is 7. The number of fused-ring (bicyclic) bond motifs is 1. The van der Waals surface area contributed by atoms with Crippen molar-refractivity contribution in [2.24, 2.45) is 17.8 Å². The van der Waals surface area contributed by atoms with E-state index in [4.69, 9.17) is 33.2 Å². The summed E-state index contributed by atoms with van der Waals surface area (Å²) in [7, 11) is 0. The number of carbonyl (C=O) groups is 4. The fourth-order valence-corrected chi connectivity index (χ4v) is 6.21. The van der Waals surface area contributed by atoms with Crippen LogP contribution in [0, 0.1) is 17.8 Å². The van der Waals surface area contributed by atoms with Crippen LogP contribution in [0.15, 0.2) is 42.2 Å². The Morgan fingerprint density at radius 2 is 1.70 bits per heavy atom. The van der Waals surface area contributed by atoms with E-state index in [1.165, 1.54) is 24.5 Å². The van der Waals surface area contributed by atoms with Crippen LogP contribution in [0.3, 0.4) is 0 Å². The first kappa shape index (κ1) is 38.7. The number of hydrogen-bond acceptors (Lipinski definition) is 16. The maximum absolute atomic E-state index is 12.8. The third-order valence-corrected chi connectivity index (χ3v) is 8.59. The Bertz CT molecular complexity index is 1420. The molecular formula is C34H44O16. The zero-order valence-corrected chi connectivity index (χ0v) is 28.1. The van der Waals surface area contributed by atoms with Gasteiger partial charge in [0.1, 0.15) is 42.4 Å². The van der Waals surface area contributed by atoms with Gasteiger partial charge in [0.25, 0.3) is 0 Å². The number of rotatable bonds is 13. The lowest BCUT2D eigenvalue weighted by Gasteiger charge is -2.42. The summed E-state index contributed by atoms with van der Waals surface area (Å²) in [5.41, 5.74) is -1.18. The molecule has 1 aromatic carbocycles. The van der Waals surface area contributed by atoms with Crippen LogP contribution in [0.1, 0.15) is 46.1 Å². The van der Waals surface area contributed by atoms with Gasteiger partial charge in [0.15, 0.2) is 12.4 Å². The highest BCUT2D eigenvalue weighted by atomic mass is 16.7. The Labute approximate surface area is 288 Å². The molecular weight excluding hydrogens is 664 g/mol. The van der Waals surface area contributed by atoms with Gasteiger partial charge < -0.3 is 58.7 Å². The number of esters is 4. The second-order valence-electron chi connectivity index (χ2n) is 12.9. The van der Waals surface area contributed by atoms with Crippen LogP contribution < -0.4 is 0 Å². The highest BCUT2D eigenvalue weighted by Crippen LogP contribution is 2.51. The molecule has 276 valence electrons. The van der Waals surface area contributed by atoms with Gasteiger partial charge in [-0.2, -0.15) is 0 Å². The first-order chi connectivity index (χ1) is 23.6. The van der Waals surface area contributed by atoms with E-state index < -0.39 is 97.6 Å². The average molecular weight is 709 g/mol. The zero-order chi connectivity index (χ0) is 36.7. The minimum Gasteiger partial charge on any atom is -0.508 e. The maximum Gasteiger partial charge on any atom is 0.331 e. The molecule has 10 atom stereocenters. The molecule has 3 aliphatic rings. The number of phenolic OH excluding ortho intramolecular Hbond substituents is 1. The fourth-order valence-electron chi connectivity index (χ4n) is 6.21. The van der Waals surface area contributed by atoms with E-state index in [-0.39, 0.29) is 31.1 Å². The van der Waals surface area contributed by atoms with Crippen LogP contribution in [0.4, 0.5) is 0 Å². The highest BCUT2D eigenvalue weighted by molar-refractivity contribution is 5.87. The molecule has 2 aliphatic heterocycles. The zero-order valence-electron chi connectivity index (χ0n) is 28.1. The summed E-state index contributed by atoms with van der Waals surface area (Å²) >= 11 is 0. The second kappa shape index (κ2) is 16.8. The Kier molecular flexibility index (Phi) is 13.0. The van der Waals surface area contributed by atoms with Crippen molar-refractivity contribution in [2.45, 2.75) is 89.2 Å². The van der Waals surface area contributed by atoms with Gasteiger partial charge >= 0.3 is 23.9 Å². The number of aliphatic hydroxyl groups excluding tert-OH is 3. The molecule has 1 aromatic rings. The maximum atomic E-state index is 12.8. The number of phenols is 1. The lowest BCUT2D eigenvalue weighted by Crippen LogP contribution is -2.60. The van der Waals surface area contributed by atoms with E-state index in [0.29, 0.717) is 11.1 Å². The molecule has 1 aliphatic carbocycles. The van der Waals surface area contributed by atoms with Gasteiger partial charge in [-0.15, -0.1) is 0 Å². The van der Waals surface area contributed by atoms with Crippen LogP contribution in [-0.2, 0) is 52.3 Å². The van der Waals surface area contributed by atoms with Crippen LogP contribution in [0.25, 0.3) is 6.08 Å². The van der Waals surface area contributed by atoms with Gasteiger partial charge in [-0.3, -0.25) is 14.4 Å². The summed E-state index contributed by atoms with van der Waals surface area (Å²) in [6, 6.07) is 5.93. The first-order valence-electron chi connectivity index (χ1n) is 16.1. The summed E-state index contributed by atoms with van der Waals surface area (Å²) in [5, 5.41) is 52.6. The summed E-state index contributed by atoms with van der Waals surface area (Å²) in [4.78, 5) is 49.3. The van der Waals surface area contributed by atoms with E-state index in [1.54, 1.807) is 12.1 Å². The number of aromatic hydroxyl groups is 1. The molecule has 0 bridgehead atoms. The molecule has 2 heterocycles. The molecule has 0 unspecified atom stereocenters. The second-order valence-corrected chi connectivity index (χ2v) is 12.9. The molecule has 1 saturated carbocycles. The minimum absolute atomic E-state index is 0.0284. The molecule has 0 spiro atoms. The van der Waals surface area contributed by atoms with Gasteiger partial charge in [-0.1, -0.05) is 26.0 Å². The summed E-state index contributed by atoms with van der Waals surface area (Å²) in [5.74, 6) is -4.92. The molecule has 4 rings (SSSR count). The molecule has 16 nitrogen and oxygen atoms in total. The predicted octanol–water partition coefficient (Wildman–Crippen LogP) is 0.464. The largest absolute Gasteiger partial charge is 0.508 e. The van der Waals surface area contributed by atoms with E-state index in [9.17, 15) is 44.7 Å². The van der Waals surface area contributed by atoms with E-state index in [2.05, 4.69) is 0 Å². The lowest BCUT2D eigenvalue weighted by molar-refractivity contribution is -0.302. The van der Waals surface area contributed by atoms with Crippen LogP contribution in [0.2, 0.25) is 0 Å². The van der Waals surface area contributed by atoms with E-state index in [0.717, 1.165) is 19.9 Å². The Morgan fingerprint density at radius 1 is 1.00 bits per heavy atom. The SMILES string of the molecule is CC(=O)OC[C@]1(O)[C@H]2[C@H](OC(=O)CC(C)C)OC=C(CO[C@H]3O[C@@H](CO)[C@H](O)[C@@H](O)[C@@H]3OC(=O)/C=C\c3ccc(O)cc3)[C@H]2C[C@H]1OC(C)=O. The third kappa shape index (κ3) is 9.38. The van der Waals surface area contributed by atoms with Crippen molar-refractivity contribution in [1.29, 1.82) is 0 Å². The van der Waals surface area contributed by atoms with Crippen molar-refractivity contribution in [3.8, 4) is 5.75 Å². The van der Waals surface area contributed by atoms with Gasteiger partial charge in [-0.05, 0) is 41.7 Å². The van der Waals surface area contributed by atoms with Crippen LogP contribution >= 0.6 is 0 Å². The average Bonchev–Trinajstić information content (AvgIpc) is 3.33. The molecule has 16 heteroatoms. The lowest BCUT2D eigenvalue weighted by atomic mass is 9.80. The fraction of sp³-hybridized carbons (Fsp3) is 0.588. The third-order valence-electron chi connectivity index (χ3n) is 8.59. The smallest absolute Gasteiger partial charge is 0.331 e. The Balaban J connectivity index is 1.58. The number of aliphatic hydroxyl groups is 4. The van der Waals surface area contributed by atoms with Gasteiger partial charge in [-0.25, -0.2) is 4.79 Å². The molecule has 0 amide bonds. The predicted molar refractivity (Wildman–Crippen MR) is 168 cm³/mol. The van der Waals surface area contributed by atoms with Gasteiger partial charge in [0.2, 0.25) is 6.29 Å². The van der Waals surface area contributed by atoms with Gasteiger partial charge in [0, 0.05) is 32.3 Å².